The van der Waals surface area contributed by atoms with E-state index in [9.17, 15) is 9.90 Å². The van der Waals surface area contributed by atoms with Gasteiger partial charge in [-0.1, -0.05) is 20.8 Å². The number of morpholine rings is 1. The molecule has 1 saturated carbocycles. The van der Waals surface area contributed by atoms with E-state index in [-0.39, 0.29) is 35.0 Å². The van der Waals surface area contributed by atoms with Crippen LogP contribution in [0.4, 0.5) is 0 Å². The maximum absolute atomic E-state index is 13.1. The monoisotopic (exact) mass is 460 g/mol. The minimum Gasteiger partial charge on any atom is -0.392 e. The van der Waals surface area contributed by atoms with E-state index in [0.29, 0.717) is 26.3 Å². The third-order valence-corrected chi connectivity index (χ3v) is 9.85. The normalized spacial score (nSPS) is 34.1. The Balaban J connectivity index is 1.40. The SMILES string of the molecule is CC(C(=O)N1CCOCC1)C1CCC2(C)Cc3sc(-c4ccsc4)nc3C(C)C2C1O. The quantitative estimate of drug-likeness (QED) is 0.737. The number of carbonyl (C=O) groups is 1. The minimum atomic E-state index is -0.479. The summed E-state index contributed by atoms with van der Waals surface area (Å²) in [6.45, 7) is 9.15. The van der Waals surface area contributed by atoms with Gasteiger partial charge in [0.05, 0.1) is 25.0 Å². The van der Waals surface area contributed by atoms with Gasteiger partial charge in [0.15, 0.2) is 0 Å². The van der Waals surface area contributed by atoms with E-state index < -0.39 is 6.10 Å². The first-order valence-corrected chi connectivity index (χ1v) is 13.2. The van der Waals surface area contributed by atoms with Crippen LogP contribution < -0.4 is 0 Å². The van der Waals surface area contributed by atoms with E-state index in [1.165, 1.54) is 16.1 Å². The van der Waals surface area contributed by atoms with Gasteiger partial charge >= 0.3 is 0 Å². The highest BCUT2D eigenvalue weighted by Crippen LogP contribution is 2.57. The Morgan fingerprint density at radius 3 is 2.87 bits per heavy atom. The predicted molar refractivity (Wildman–Crippen MR) is 124 cm³/mol. The van der Waals surface area contributed by atoms with Crippen molar-refractivity contribution >= 4 is 28.6 Å². The second-order valence-electron chi connectivity index (χ2n) is 9.90. The number of ether oxygens (including phenoxy) is 1. The van der Waals surface area contributed by atoms with Crippen LogP contribution in [-0.4, -0.2) is 53.3 Å². The van der Waals surface area contributed by atoms with Crippen LogP contribution in [0.25, 0.3) is 10.6 Å². The van der Waals surface area contributed by atoms with E-state index in [4.69, 9.17) is 9.72 Å². The van der Waals surface area contributed by atoms with Crippen molar-refractivity contribution in [3.05, 3.63) is 27.4 Å². The van der Waals surface area contributed by atoms with Crippen molar-refractivity contribution in [2.75, 3.05) is 26.3 Å². The second-order valence-corrected chi connectivity index (χ2v) is 11.8. The number of thiazole rings is 1. The number of hydrogen-bond acceptors (Lipinski definition) is 6. The lowest BCUT2D eigenvalue weighted by Gasteiger charge is -2.53. The zero-order chi connectivity index (χ0) is 21.8. The molecule has 0 aromatic carbocycles. The molecule has 5 rings (SSSR count). The molecule has 3 aliphatic rings. The predicted octanol–water partition coefficient (Wildman–Crippen LogP) is 4.42. The fraction of sp³-hybridized carbons (Fsp3) is 0.667. The first-order chi connectivity index (χ1) is 14.9. The van der Waals surface area contributed by atoms with Gasteiger partial charge in [0.25, 0.3) is 0 Å². The Bertz CT molecular complexity index is 937. The molecule has 2 fully saturated rings. The summed E-state index contributed by atoms with van der Waals surface area (Å²) in [5, 5.41) is 17.0. The van der Waals surface area contributed by atoms with Crippen LogP contribution in [0.2, 0.25) is 0 Å². The van der Waals surface area contributed by atoms with Gasteiger partial charge in [0.2, 0.25) is 5.91 Å². The Kier molecular flexibility index (Phi) is 5.74. The summed E-state index contributed by atoms with van der Waals surface area (Å²) < 4.78 is 5.41. The van der Waals surface area contributed by atoms with Crippen LogP contribution in [0.15, 0.2) is 16.8 Å². The summed E-state index contributed by atoms with van der Waals surface area (Å²) in [5.74, 6) is 0.348. The molecule has 1 amide bonds. The standard InChI is InChI=1S/C24H32N2O3S2/c1-14(23(28)26-7-9-29-10-8-26)17-4-6-24(3)12-18-20(15(2)19(24)21(17)27)25-22(31-18)16-5-11-30-13-16/h5,11,13-15,17,19,21,27H,4,6-10,12H2,1-3H3. The summed E-state index contributed by atoms with van der Waals surface area (Å²) in [7, 11) is 0. The lowest BCUT2D eigenvalue weighted by atomic mass is 9.53. The summed E-state index contributed by atoms with van der Waals surface area (Å²) in [4.78, 5) is 21.5. The van der Waals surface area contributed by atoms with Gasteiger partial charge in [-0.15, -0.1) is 11.3 Å². The first-order valence-electron chi connectivity index (χ1n) is 11.5. The van der Waals surface area contributed by atoms with E-state index in [2.05, 4.69) is 30.7 Å². The first kappa shape index (κ1) is 21.6. The fourth-order valence-electron chi connectivity index (χ4n) is 6.31. The average Bonchev–Trinajstić information content (AvgIpc) is 3.43. The van der Waals surface area contributed by atoms with Crippen LogP contribution in [-0.2, 0) is 16.0 Å². The number of aliphatic hydroxyl groups excluding tert-OH is 1. The highest BCUT2D eigenvalue weighted by atomic mass is 32.1. The number of nitrogens with zero attached hydrogens (tertiary/aromatic N) is 2. The molecule has 1 aliphatic heterocycles. The number of amides is 1. The van der Waals surface area contributed by atoms with E-state index in [1.54, 1.807) is 11.3 Å². The average molecular weight is 461 g/mol. The molecule has 2 aliphatic carbocycles. The van der Waals surface area contributed by atoms with Crippen molar-refractivity contribution in [1.82, 2.24) is 9.88 Å². The smallest absolute Gasteiger partial charge is 0.225 e. The highest BCUT2D eigenvalue weighted by Gasteiger charge is 2.54. The Hall–Kier alpha value is -1.28. The van der Waals surface area contributed by atoms with E-state index >= 15 is 0 Å². The Morgan fingerprint density at radius 1 is 1.39 bits per heavy atom. The topological polar surface area (TPSA) is 62.7 Å². The van der Waals surface area contributed by atoms with Crippen molar-refractivity contribution in [2.45, 2.75) is 52.1 Å². The van der Waals surface area contributed by atoms with Crippen molar-refractivity contribution in [3.8, 4) is 10.6 Å². The zero-order valence-electron chi connectivity index (χ0n) is 18.5. The summed E-state index contributed by atoms with van der Waals surface area (Å²) >= 11 is 3.53. The van der Waals surface area contributed by atoms with Gasteiger partial charge in [0.1, 0.15) is 5.01 Å². The Labute approximate surface area is 192 Å². The number of fused-ring (bicyclic) bond motifs is 2. The molecule has 1 N–H and O–H groups in total. The van der Waals surface area contributed by atoms with Crippen molar-refractivity contribution in [2.24, 2.45) is 23.2 Å². The molecule has 6 atom stereocenters. The third-order valence-electron chi connectivity index (χ3n) is 8.04. The summed E-state index contributed by atoms with van der Waals surface area (Å²) in [5.41, 5.74) is 2.43. The Morgan fingerprint density at radius 2 is 2.16 bits per heavy atom. The molecule has 7 heteroatoms. The van der Waals surface area contributed by atoms with E-state index in [1.807, 2.05) is 23.2 Å². The molecule has 6 unspecified atom stereocenters. The van der Waals surface area contributed by atoms with Crippen LogP contribution in [0.5, 0.6) is 0 Å². The number of aliphatic hydroxyl groups is 1. The number of thiophene rings is 1. The van der Waals surface area contributed by atoms with Crippen molar-refractivity contribution < 1.29 is 14.6 Å². The number of rotatable bonds is 3. The molecule has 0 radical (unpaired) electrons. The van der Waals surface area contributed by atoms with Gasteiger partial charge in [-0.05, 0) is 48.0 Å². The minimum absolute atomic E-state index is 0.00685. The largest absolute Gasteiger partial charge is 0.392 e. The van der Waals surface area contributed by atoms with Gasteiger partial charge in [-0.25, -0.2) is 4.98 Å². The lowest BCUT2D eigenvalue weighted by Crippen LogP contribution is -2.54. The fourth-order valence-corrected chi connectivity index (χ4v) is 8.39. The van der Waals surface area contributed by atoms with Crippen molar-refractivity contribution in [1.29, 1.82) is 0 Å². The summed E-state index contributed by atoms with van der Waals surface area (Å²) in [6, 6.07) is 2.14. The zero-order valence-corrected chi connectivity index (χ0v) is 20.2. The second kappa shape index (κ2) is 8.25. The van der Waals surface area contributed by atoms with Gasteiger partial charge in [0, 0.05) is 40.7 Å². The van der Waals surface area contributed by atoms with Gasteiger partial charge in [-0.2, -0.15) is 11.3 Å². The molecule has 168 valence electrons. The van der Waals surface area contributed by atoms with Crippen LogP contribution >= 0.6 is 22.7 Å². The summed E-state index contributed by atoms with van der Waals surface area (Å²) in [6.07, 6.45) is 2.46. The molecule has 0 bridgehead atoms. The molecule has 0 spiro atoms. The number of hydrogen-bond donors (Lipinski definition) is 1. The molecule has 31 heavy (non-hydrogen) atoms. The maximum atomic E-state index is 13.1. The van der Waals surface area contributed by atoms with Crippen molar-refractivity contribution in [3.63, 3.8) is 0 Å². The number of aromatic nitrogens is 1. The lowest BCUT2D eigenvalue weighted by molar-refractivity contribution is -0.148. The van der Waals surface area contributed by atoms with Crippen LogP contribution in [0, 0.1) is 23.2 Å². The van der Waals surface area contributed by atoms with Gasteiger partial charge < -0.3 is 14.7 Å². The molecule has 5 nitrogen and oxygen atoms in total. The maximum Gasteiger partial charge on any atom is 0.225 e. The van der Waals surface area contributed by atoms with Gasteiger partial charge in [-0.3, -0.25) is 4.79 Å². The van der Waals surface area contributed by atoms with Crippen LogP contribution in [0.1, 0.15) is 50.1 Å². The molecule has 2 aromatic rings. The third kappa shape index (κ3) is 3.67. The van der Waals surface area contributed by atoms with E-state index in [0.717, 1.165) is 24.3 Å². The highest BCUT2D eigenvalue weighted by molar-refractivity contribution is 7.15. The molecule has 1 saturated heterocycles. The number of carbonyl (C=O) groups excluding carboxylic acids is 1. The molecule has 2 aromatic heterocycles. The molecule has 3 heterocycles. The van der Waals surface area contributed by atoms with Crippen LogP contribution in [0.3, 0.4) is 0 Å². The molecular weight excluding hydrogens is 428 g/mol. The molecular formula is C24H32N2O3S2.